The summed E-state index contributed by atoms with van der Waals surface area (Å²) in [7, 11) is 0. The zero-order valence-corrected chi connectivity index (χ0v) is 9.45. The van der Waals surface area contributed by atoms with Crippen molar-refractivity contribution < 1.29 is 4.11 Å². The fourth-order valence-corrected chi connectivity index (χ4v) is 2.33. The first-order valence-electron chi connectivity index (χ1n) is 7.59. The van der Waals surface area contributed by atoms with E-state index in [0.717, 1.165) is 24.8 Å². The van der Waals surface area contributed by atoms with Crippen LogP contribution in [-0.4, -0.2) is 0 Å². The van der Waals surface area contributed by atoms with E-state index >= 15 is 0 Å². The van der Waals surface area contributed by atoms with Crippen LogP contribution in [0.5, 0.6) is 0 Å². The predicted molar refractivity (Wildman–Crippen MR) is 66.0 cm³/mol. The fraction of sp³-hybridized carbons (Fsp3) is 0.600. The Labute approximate surface area is 97.9 Å². The van der Waals surface area contributed by atoms with Crippen LogP contribution in [0.3, 0.4) is 0 Å². The lowest BCUT2D eigenvalue weighted by Gasteiger charge is -2.28. The summed E-state index contributed by atoms with van der Waals surface area (Å²) in [5, 5.41) is 0. The minimum absolute atomic E-state index is 0.271. The van der Waals surface area contributed by atoms with Gasteiger partial charge in [0.15, 0.2) is 0 Å². The summed E-state index contributed by atoms with van der Waals surface area (Å²) in [5.74, 6) is 0.110. The van der Waals surface area contributed by atoms with Gasteiger partial charge in [-0.15, -0.1) is 0 Å². The molecule has 82 valence electrons. The van der Waals surface area contributed by atoms with Crippen LogP contribution in [0.25, 0.3) is 0 Å². The smallest absolute Gasteiger partial charge is 0.0273 e. The molecule has 1 aromatic rings. The van der Waals surface area contributed by atoms with Crippen LogP contribution in [0.1, 0.15) is 61.0 Å². The predicted octanol–water partition coefficient (Wildman–Crippen LogP) is 4.76. The van der Waals surface area contributed by atoms with Crippen molar-refractivity contribution in [2.75, 3.05) is 0 Å². The van der Waals surface area contributed by atoms with Gasteiger partial charge in [0.1, 0.15) is 0 Å². The summed E-state index contributed by atoms with van der Waals surface area (Å²) in [6, 6.07) is 9.75. The molecule has 0 spiro atoms. The first kappa shape index (κ1) is 7.49. The second-order valence-electron chi connectivity index (χ2n) is 4.42. The maximum atomic E-state index is 8.31. The average Bonchev–Trinajstić information content (AvgIpc) is 2.28. The largest absolute Gasteiger partial charge is 0.0654 e. The molecule has 0 nitrogen and oxygen atoms in total. The van der Waals surface area contributed by atoms with E-state index in [1.807, 2.05) is 30.3 Å². The standard InChI is InChI=1S/C15H22/c1-2-6-13-9-11-15(12-10-13)14-7-4-3-5-8-14/h3-5,7-8,13,15H,2,6,9-12H2,1H3/t13-,15+/i11D,12D2/t11?,13-,15+/m1/s1. The van der Waals surface area contributed by atoms with Gasteiger partial charge in [-0.1, -0.05) is 50.1 Å². The Morgan fingerprint density at radius 3 is 2.73 bits per heavy atom. The van der Waals surface area contributed by atoms with Gasteiger partial charge in [-0.3, -0.25) is 0 Å². The van der Waals surface area contributed by atoms with Crippen LogP contribution < -0.4 is 0 Å². The quantitative estimate of drug-likeness (QED) is 0.667. The van der Waals surface area contributed by atoms with Crippen LogP contribution in [0, 0.1) is 5.92 Å². The van der Waals surface area contributed by atoms with Gasteiger partial charge in [0, 0.05) is 4.11 Å². The topological polar surface area (TPSA) is 0 Å². The van der Waals surface area contributed by atoms with Crippen LogP contribution in [0.4, 0.5) is 0 Å². The Balaban J connectivity index is 2.21. The van der Waals surface area contributed by atoms with Crippen molar-refractivity contribution in [2.45, 2.75) is 51.3 Å². The second kappa shape index (κ2) is 5.34. The third-order valence-electron chi connectivity index (χ3n) is 3.19. The molecule has 0 amide bonds. The van der Waals surface area contributed by atoms with E-state index in [9.17, 15) is 0 Å². The van der Waals surface area contributed by atoms with E-state index in [4.69, 9.17) is 4.11 Å². The molecule has 0 saturated heterocycles. The molecule has 1 aromatic carbocycles. The van der Waals surface area contributed by atoms with Crippen molar-refractivity contribution in [2.24, 2.45) is 5.92 Å². The van der Waals surface area contributed by atoms with E-state index in [-0.39, 0.29) is 12.3 Å². The van der Waals surface area contributed by atoms with Gasteiger partial charge in [-0.25, -0.2) is 0 Å². The molecule has 1 fully saturated rings. The van der Waals surface area contributed by atoms with E-state index in [1.165, 1.54) is 0 Å². The molecule has 2 rings (SSSR count). The monoisotopic (exact) mass is 205 g/mol. The molecule has 0 heteroatoms. The van der Waals surface area contributed by atoms with Crippen LogP contribution in [0.15, 0.2) is 30.3 Å². The maximum absolute atomic E-state index is 8.31. The maximum Gasteiger partial charge on any atom is 0.0273 e. The summed E-state index contributed by atoms with van der Waals surface area (Å²) in [6.45, 7) is 2.14. The highest BCUT2D eigenvalue weighted by Gasteiger charge is 2.21. The molecular formula is C15H22. The lowest BCUT2D eigenvalue weighted by molar-refractivity contribution is 0.308. The van der Waals surface area contributed by atoms with Gasteiger partial charge < -0.3 is 0 Å². The van der Waals surface area contributed by atoms with Gasteiger partial charge in [0.25, 0.3) is 0 Å². The zero-order valence-electron chi connectivity index (χ0n) is 12.4. The Kier molecular flexibility index (Phi) is 2.67. The molecular weight excluding hydrogens is 180 g/mol. The lowest BCUT2D eigenvalue weighted by atomic mass is 9.77. The Morgan fingerprint density at radius 1 is 1.27 bits per heavy atom. The molecule has 0 N–H and O–H groups in total. The van der Waals surface area contributed by atoms with Crippen molar-refractivity contribution in [3.8, 4) is 0 Å². The highest BCUT2D eigenvalue weighted by molar-refractivity contribution is 5.19. The molecule has 0 aromatic heterocycles. The Bertz CT molecular complexity index is 375. The van der Waals surface area contributed by atoms with Gasteiger partial charge in [0.2, 0.25) is 0 Å². The molecule has 3 atom stereocenters. The number of hydrogen-bond donors (Lipinski definition) is 0. The van der Waals surface area contributed by atoms with Crippen LogP contribution in [-0.2, 0) is 0 Å². The molecule has 0 heterocycles. The molecule has 1 unspecified atom stereocenters. The van der Waals surface area contributed by atoms with Crippen molar-refractivity contribution in [3.05, 3.63) is 35.9 Å². The second-order valence-corrected chi connectivity index (χ2v) is 4.42. The third kappa shape index (κ3) is 2.84. The molecule has 15 heavy (non-hydrogen) atoms. The third-order valence-corrected chi connectivity index (χ3v) is 3.19. The Hall–Kier alpha value is -0.780. The lowest BCUT2D eigenvalue weighted by Crippen LogP contribution is -2.13. The minimum atomic E-state index is -1.24. The molecule has 0 bridgehead atoms. The Morgan fingerprint density at radius 2 is 2.07 bits per heavy atom. The SMILES string of the molecule is [2H]C1C[C@@H](CCC)CC([2H])([2H])[C@H]1c1ccccc1. The van der Waals surface area contributed by atoms with Crippen molar-refractivity contribution in [3.63, 3.8) is 0 Å². The van der Waals surface area contributed by atoms with Crippen LogP contribution >= 0.6 is 0 Å². The van der Waals surface area contributed by atoms with E-state index < -0.39 is 6.37 Å². The summed E-state index contributed by atoms with van der Waals surface area (Å²) >= 11 is 0. The van der Waals surface area contributed by atoms with Gasteiger partial charge in [0.05, 0.1) is 0 Å². The number of rotatable bonds is 3. The molecule has 1 aliphatic rings. The number of hydrogen-bond acceptors (Lipinski definition) is 0. The molecule has 0 aliphatic heterocycles. The minimum Gasteiger partial charge on any atom is -0.0654 e. The summed E-state index contributed by atoms with van der Waals surface area (Å²) in [5.41, 5.74) is 0.984. The van der Waals surface area contributed by atoms with Gasteiger partial charge in [-0.05, 0) is 43.0 Å². The molecule has 1 aliphatic carbocycles. The van der Waals surface area contributed by atoms with Crippen molar-refractivity contribution in [1.82, 2.24) is 0 Å². The summed E-state index contributed by atoms with van der Waals surface area (Å²) < 4.78 is 24.9. The van der Waals surface area contributed by atoms with Crippen molar-refractivity contribution >= 4 is 0 Å². The zero-order chi connectivity index (χ0) is 13.2. The highest BCUT2D eigenvalue weighted by atomic mass is 14.3. The fourth-order valence-electron chi connectivity index (χ4n) is 2.33. The van der Waals surface area contributed by atoms with E-state index in [1.54, 1.807) is 0 Å². The highest BCUT2D eigenvalue weighted by Crippen LogP contribution is 2.37. The molecule has 0 radical (unpaired) electrons. The van der Waals surface area contributed by atoms with E-state index in [2.05, 4.69) is 6.92 Å². The average molecular weight is 205 g/mol. The van der Waals surface area contributed by atoms with Gasteiger partial charge >= 0.3 is 0 Å². The first-order valence-corrected chi connectivity index (χ1v) is 6.02. The number of benzene rings is 1. The summed E-state index contributed by atoms with van der Waals surface area (Å²) in [6.07, 6.45) is 2.03. The molecule has 1 saturated carbocycles. The summed E-state index contributed by atoms with van der Waals surface area (Å²) in [4.78, 5) is 0. The first-order chi connectivity index (χ1) is 8.54. The van der Waals surface area contributed by atoms with Crippen molar-refractivity contribution in [1.29, 1.82) is 0 Å². The van der Waals surface area contributed by atoms with Gasteiger partial charge in [-0.2, -0.15) is 0 Å². The normalized spacial score (nSPS) is 37.7. The van der Waals surface area contributed by atoms with E-state index in [0.29, 0.717) is 12.3 Å². The van der Waals surface area contributed by atoms with Crippen LogP contribution in [0.2, 0.25) is 0 Å².